The van der Waals surface area contributed by atoms with E-state index in [0.717, 1.165) is 17.5 Å². The largest absolute Gasteiger partial charge is 0.416 e. The Morgan fingerprint density at radius 2 is 1.83 bits per heavy atom. The van der Waals surface area contributed by atoms with Crippen molar-refractivity contribution in [3.63, 3.8) is 0 Å². The number of benzene rings is 2. The van der Waals surface area contributed by atoms with Crippen molar-refractivity contribution in [1.29, 1.82) is 0 Å². The Balaban J connectivity index is 2.16. The van der Waals surface area contributed by atoms with E-state index in [2.05, 4.69) is 11.1 Å². The Morgan fingerprint density at radius 1 is 1.13 bits per heavy atom. The zero-order chi connectivity index (χ0) is 16.6. The van der Waals surface area contributed by atoms with Crippen LogP contribution in [0.25, 0.3) is 22.2 Å². The molecule has 1 radical (unpaired) electrons. The van der Waals surface area contributed by atoms with Crippen LogP contribution < -0.4 is 0 Å². The van der Waals surface area contributed by atoms with Crippen LogP contribution in [-0.2, 0) is 6.18 Å². The zero-order valence-electron chi connectivity index (χ0n) is 12.2. The summed E-state index contributed by atoms with van der Waals surface area (Å²) in [6.07, 6.45) is -5.16. The topological polar surface area (TPSA) is 33.1 Å². The third-order valence-corrected chi connectivity index (χ3v) is 3.63. The van der Waals surface area contributed by atoms with Gasteiger partial charge in [0.25, 0.3) is 0 Å². The first-order chi connectivity index (χ1) is 10.9. The maximum absolute atomic E-state index is 12.7. The first kappa shape index (κ1) is 15.5. The SMILES string of the molecule is CC(O)c1cc2cc[c]cc2nc1-c1ccc(C(F)(F)F)cc1. The lowest BCUT2D eigenvalue weighted by Gasteiger charge is -2.14. The minimum absolute atomic E-state index is 0.473. The summed E-state index contributed by atoms with van der Waals surface area (Å²) >= 11 is 0. The number of halogens is 3. The molecule has 0 saturated heterocycles. The molecule has 1 aromatic heterocycles. The van der Waals surface area contributed by atoms with Gasteiger partial charge in [0.05, 0.1) is 22.9 Å². The van der Waals surface area contributed by atoms with Crippen molar-refractivity contribution < 1.29 is 18.3 Å². The summed E-state index contributed by atoms with van der Waals surface area (Å²) in [6.45, 7) is 1.60. The lowest BCUT2D eigenvalue weighted by atomic mass is 9.99. The van der Waals surface area contributed by atoms with Crippen molar-refractivity contribution in [2.24, 2.45) is 0 Å². The Kier molecular flexibility index (Phi) is 3.82. The van der Waals surface area contributed by atoms with Crippen LogP contribution in [0.15, 0.2) is 48.5 Å². The Labute approximate surface area is 131 Å². The van der Waals surface area contributed by atoms with Crippen molar-refractivity contribution in [2.75, 3.05) is 0 Å². The minimum atomic E-state index is -4.38. The monoisotopic (exact) mass is 316 g/mol. The maximum atomic E-state index is 12.7. The highest BCUT2D eigenvalue weighted by Crippen LogP contribution is 2.33. The Hall–Kier alpha value is -2.40. The van der Waals surface area contributed by atoms with Gasteiger partial charge in [0.1, 0.15) is 0 Å². The average molecular weight is 316 g/mol. The van der Waals surface area contributed by atoms with E-state index in [1.54, 1.807) is 25.1 Å². The summed E-state index contributed by atoms with van der Waals surface area (Å²) < 4.78 is 38.0. The number of aromatic nitrogens is 1. The molecule has 1 N–H and O–H groups in total. The first-order valence-corrected chi connectivity index (χ1v) is 7.03. The maximum Gasteiger partial charge on any atom is 0.416 e. The Bertz CT molecular complexity index is 839. The van der Waals surface area contributed by atoms with Gasteiger partial charge in [-0.3, -0.25) is 0 Å². The predicted octanol–water partition coefficient (Wildman–Crippen LogP) is 4.77. The second-order valence-corrected chi connectivity index (χ2v) is 5.30. The van der Waals surface area contributed by atoms with Crippen LogP contribution in [0, 0.1) is 6.07 Å². The van der Waals surface area contributed by atoms with Crippen molar-refractivity contribution in [2.45, 2.75) is 19.2 Å². The van der Waals surface area contributed by atoms with Gasteiger partial charge in [-0.2, -0.15) is 13.2 Å². The van der Waals surface area contributed by atoms with Crippen molar-refractivity contribution in [1.82, 2.24) is 4.98 Å². The van der Waals surface area contributed by atoms with Crippen LogP contribution in [-0.4, -0.2) is 10.1 Å². The van der Waals surface area contributed by atoms with Crippen molar-refractivity contribution in [3.8, 4) is 11.3 Å². The quantitative estimate of drug-likeness (QED) is 0.738. The molecule has 1 atom stereocenters. The van der Waals surface area contributed by atoms with Gasteiger partial charge in [0, 0.05) is 16.5 Å². The number of hydrogen-bond donors (Lipinski definition) is 1. The summed E-state index contributed by atoms with van der Waals surface area (Å²) in [7, 11) is 0. The van der Waals surface area contributed by atoms with Gasteiger partial charge < -0.3 is 5.11 Å². The second kappa shape index (κ2) is 5.66. The van der Waals surface area contributed by atoms with E-state index in [1.165, 1.54) is 12.1 Å². The molecular weight excluding hydrogens is 303 g/mol. The summed E-state index contributed by atoms with van der Waals surface area (Å²) in [5, 5.41) is 10.8. The zero-order valence-corrected chi connectivity index (χ0v) is 12.2. The lowest BCUT2D eigenvalue weighted by molar-refractivity contribution is -0.137. The van der Waals surface area contributed by atoms with Gasteiger partial charge in [-0.25, -0.2) is 4.98 Å². The predicted molar refractivity (Wildman–Crippen MR) is 81.7 cm³/mol. The van der Waals surface area contributed by atoms with E-state index >= 15 is 0 Å². The fourth-order valence-corrected chi connectivity index (χ4v) is 2.44. The molecule has 0 aliphatic carbocycles. The van der Waals surface area contributed by atoms with Gasteiger partial charge in [-0.15, -0.1) is 0 Å². The summed E-state index contributed by atoms with van der Waals surface area (Å²) in [5.74, 6) is 0. The third-order valence-electron chi connectivity index (χ3n) is 3.63. The molecule has 5 heteroatoms. The molecule has 0 saturated carbocycles. The van der Waals surface area contributed by atoms with Crippen molar-refractivity contribution >= 4 is 10.9 Å². The van der Waals surface area contributed by atoms with Crippen LogP contribution in [0.5, 0.6) is 0 Å². The van der Waals surface area contributed by atoms with Crippen LogP contribution in [0.2, 0.25) is 0 Å². The third kappa shape index (κ3) is 3.05. The highest BCUT2D eigenvalue weighted by atomic mass is 19.4. The lowest BCUT2D eigenvalue weighted by Crippen LogP contribution is -2.04. The highest BCUT2D eigenvalue weighted by Gasteiger charge is 2.30. The van der Waals surface area contributed by atoms with E-state index in [1.807, 2.05) is 6.07 Å². The number of alkyl halides is 3. The molecule has 0 aliphatic rings. The summed E-state index contributed by atoms with van der Waals surface area (Å²) in [5.41, 5.74) is 1.53. The van der Waals surface area contributed by atoms with E-state index in [9.17, 15) is 18.3 Å². The van der Waals surface area contributed by atoms with Crippen LogP contribution in [0.3, 0.4) is 0 Å². The molecule has 0 amide bonds. The molecule has 1 heterocycles. The number of nitrogens with zero attached hydrogens (tertiary/aromatic N) is 1. The van der Waals surface area contributed by atoms with Gasteiger partial charge >= 0.3 is 6.18 Å². The standard InChI is InChI=1S/C18H13F3NO/c1-11(23)15-10-13-4-2-3-5-16(13)22-17(15)12-6-8-14(9-7-12)18(19,20)21/h2,4-11,23H,1H3. The van der Waals surface area contributed by atoms with Crippen molar-refractivity contribution in [3.05, 3.63) is 65.7 Å². The number of aliphatic hydroxyl groups excluding tert-OH is 1. The Morgan fingerprint density at radius 3 is 2.43 bits per heavy atom. The van der Waals surface area contributed by atoms with Gasteiger partial charge in [0.15, 0.2) is 0 Å². The number of rotatable bonds is 2. The molecule has 0 fully saturated rings. The van der Waals surface area contributed by atoms with Gasteiger partial charge in [-0.05, 0) is 37.3 Å². The number of hydrogen-bond acceptors (Lipinski definition) is 2. The molecule has 0 bridgehead atoms. The molecular formula is C18H13F3NO. The number of fused-ring (bicyclic) bond motifs is 1. The van der Waals surface area contributed by atoms with E-state index < -0.39 is 17.8 Å². The molecule has 1 unspecified atom stereocenters. The van der Waals surface area contributed by atoms with E-state index in [-0.39, 0.29) is 0 Å². The molecule has 23 heavy (non-hydrogen) atoms. The second-order valence-electron chi connectivity index (χ2n) is 5.30. The molecule has 0 spiro atoms. The molecule has 117 valence electrons. The molecule has 2 aromatic carbocycles. The average Bonchev–Trinajstić information content (AvgIpc) is 2.53. The summed E-state index contributed by atoms with van der Waals surface area (Å²) in [4.78, 5) is 4.49. The van der Waals surface area contributed by atoms with E-state index in [4.69, 9.17) is 0 Å². The normalized spacial score (nSPS) is 13.3. The van der Waals surface area contributed by atoms with Gasteiger partial charge in [-0.1, -0.05) is 24.3 Å². The molecule has 3 rings (SSSR count). The van der Waals surface area contributed by atoms with Gasteiger partial charge in [0.2, 0.25) is 0 Å². The molecule has 0 aliphatic heterocycles. The fourth-order valence-electron chi connectivity index (χ4n) is 2.44. The number of aliphatic hydroxyl groups is 1. The molecule has 3 aromatic rings. The number of pyridine rings is 1. The first-order valence-electron chi connectivity index (χ1n) is 7.03. The van der Waals surface area contributed by atoms with Crippen LogP contribution in [0.4, 0.5) is 13.2 Å². The smallest absolute Gasteiger partial charge is 0.389 e. The highest BCUT2D eigenvalue weighted by molar-refractivity contribution is 5.83. The molecule has 2 nitrogen and oxygen atoms in total. The van der Waals surface area contributed by atoms with Crippen LogP contribution >= 0.6 is 0 Å². The van der Waals surface area contributed by atoms with Crippen LogP contribution in [0.1, 0.15) is 24.2 Å². The van der Waals surface area contributed by atoms with E-state index in [0.29, 0.717) is 22.3 Å². The summed E-state index contributed by atoms with van der Waals surface area (Å²) in [6, 6.07) is 14.8. The minimum Gasteiger partial charge on any atom is -0.389 e. The fraction of sp³-hybridized carbons (Fsp3) is 0.167.